The van der Waals surface area contributed by atoms with E-state index in [-0.39, 0.29) is 34.6 Å². The first kappa shape index (κ1) is 18.4. The predicted octanol–water partition coefficient (Wildman–Crippen LogP) is 4.77. The standard InChI is InChI=1S/C17H16Cl2FNO3/c1-2-21-13-4-11(3-12(20)8-13)9-24-17-14(18)5-10(6-15(17)19)7-16(22)23/h3-6,8,21H,2,7,9H2,1H3,(H,22,23). The highest BCUT2D eigenvalue weighted by Gasteiger charge is 2.12. The van der Waals surface area contributed by atoms with Gasteiger partial charge in [0.15, 0.2) is 5.75 Å². The van der Waals surface area contributed by atoms with E-state index < -0.39 is 5.97 Å². The van der Waals surface area contributed by atoms with Crippen molar-refractivity contribution in [2.75, 3.05) is 11.9 Å². The lowest BCUT2D eigenvalue weighted by atomic mass is 10.1. The highest BCUT2D eigenvalue weighted by atomic mass is 35.5. The molecule has 0 aliphatic carbocycles. The monoisotopic (exact) mass is 371 g/mol. The van der Waals surface area contributed by atoms with Gasteiger partial charge in [0.25, 0.3) is 0 Å². The fourth-order valence-electron chi connectivity index (χ4n) is 2.22. The number of ether oxygens (including phenoxy) is 1. The van der Waals surface area contributed by atoms with Crippen LogP contribution < -0.4 is 10.1 Å². The van der Waals surface area contributed by atoms with E-state index in [0.717, 1.165) is 0 Å². The van der Waals surface area contributed by atoms with E-state index in [1.165, 1.54) is 24.3 Å². The molecular formula is C17H16Cl2FNO3. The average molecular weight is 372 g/mol. The van der Waals surface area contributed by atoms with Crippen LogP contribution in [0.1, 0.15) is 18.1 Å². The zero-order chi connectivity index (χ0) is 17.7. The van der Waals surface area contributed by atoms with Gasteiger partial charge < -0.3 is 15.2 Å². The summed E-state index contributed by atoms with van der Waals surface area (Å²) < 4.78 is 19.2. The summed E-state index contributed by atoms with van der Waals surface area (Å²) in [4.78, 5) is 10.7. The topological polar surface area (TPSA) is 58.6 Å². The second-order valence-electron chi connectivity index (χ2n) is 5.13. The molecule has 0 saturated carbocycles. The highest BCUT2D eigenvalue weighted by molar-refractivity contribution is 6.37. The van der Waals surface area contributed by atoms with E-state index in [4.69, 9.17) is 33.0 Å². The summed E-state index contributed by atoms with van der Waals surface area (Å²) in [5, 5.41) is 12.3. The van der Waals surface area contributed by atoms with Crippen molar-refractivity contribution in [3.63, 3.8) is 0 Å². The number of hydrogen-bond donors (Lipinski definition) is 2. The second-order valence-corrected chi connectivity index (χ2v) is 5.94. The minimum absolute atomic E-state index is 0.0773. The summed E-state index contributed by atoms with van der Waals surface area (Å²) in [6.45, 7) is 2.67. The molecule has 0 amide bonds. The molecule has 0 atom stereocenters. The Hall–Kier alpha value is -1.98. The minimum Gasteiger partial charge on any atom is -0.486 e. The molecule has 4 nitrogen and oxygen atoms in total. The maximum Gasteiger partial charge on any atom is 0.307 e. The maximum atomic E-state index is 13.6. The van der Waals surface area contributed by atoms with Gasteiger partial charge in [-0.3, -0.25) is 4.79 Å². The van der Waals surface area contributed by atoms with Crippen molar-refractivity contribution >= 4 is 34.9 Å². The summed E-state index contributed by atoms with van der Waals surface area (Å²) in [5.41, 5.74) is 1.75. The van der Waals surface area contributed by atoms with Gasteiger partial charge in [0.2, 0.25) is 0 Å². The van der Waals surface area contributed by atoms with Crippen molar-refractivity contribution < 1.29 is 19.0 Å². The van der Waals surface area contributed by atoms with Crippen LogP contribution in [-0.4, -0.2) is 17.6 Å². The Bertz CT molecular complexity index is 730. The molecule has 2 aromatic rings. The molecule has 0 spiro atoms. The van der Waals surface area contributed by atoms with Gasteiger partial charge in [-0.2, -0.15) is 0 Å². The van der Waals surface area contributed by atoms with E-state index in [1.807, 2.05) is 6.92 Å². The van der Waals surface area contributed by atoms with Gasteiger partial charge in [0.1, 0.15) is 12.4 Å². The molecule has 0 radical (unpaired) electrons. The largest absolute Gasteiger partial charge is 0.486 e. The molecular weight excluding hydrogens is 356 g/mol. The van der Waals surface area contributed by atoms with E-state index in [9.17, 15) is 9.18 Å². The van der Waals surface area contributed by atoms with Crippen LogP contribution in [-0.2, 0) is 17.8 Å². The molecule has 0 unspecified atom stereocenters. The summed E-state index contributed by atoms with van der Waals surface area (Å²) in [6.07, 6.45) is -0.185. The van der Waals surface area contributed by atoms with E-state index >= 15 is 0 Å². The molecule has 0 aromatic heterocycles. The van der Waals surface area contributed by atoms with Gasteiger partial charge >= 0.3 is 5.97 Å². The van der Waals surface area contributed by atoms with Crippen molar-refractivity contribution in [2.24, 2.45) is 0 Å². The lowest BCUT2D eigenvalue weighted by molar-refractivity contribution is -0.136. The van der Waals surface area contributed by atoms with Gasteiger partial charge in [0, 0.05) is 12.2 Å². The van der Waals surface area contributed by atoms with Crippen LogP contribution >= 0.6 is 23.2 Å². The molecule has 0 bridgehead atoms. The Morgan fingerprint density at radius 2 is 1.83 bits per heavy atom. The number of nitrogens with one attached hydrogen (secondary N) is 1. The Labute approximate surface area is 149 Å². The summed E-state index contributed by atoms with van der Waals surface area (Å²) in [5.74, 6) is -1.12. The second kappa shape index (κ2) is 8.22. The first-order chi connectivity index (χ1) is 11.4. The van der Waals surface area contributed by atoms with E-state index in [2.05, 4.69) is 5.32 Å². The normalized spacial score (nSPS) is 10.5. The summed E-state index contributed by atoms with van der Waals surface area (Å²) >= 11 is 12.2. The molecule has 2 N–H and O–H groups in total. The van der Waals surface area contributed by atoms with Crippen molar-refractivity contribution in [3.05, 3.63) is 57.3 Å². The first-order valence-electron chi connectivity index (χ1n) is 7.25. The van der Waals surface area contributed by atoms with Gasteiger partial charge in [-0.05, 0) is 48.4 Å². The zero-order valence-electron chi connectivity index (χ0n) is 12.9. The lowest BCUT2D eigenvalue weighted by Gasteiger charge is -2.12. The van der Waals surface area contributed by atoms with Crippen LogP contribution in [0, 0.1) is 5.82 Å². The van der Waals surface area contributed by atoms with Crippen LogP contribution in [0.5, 0.6) is 5.75 Å². The molecule has 0 heterocycles. The first-order valence-corrected chi connectivity index (χ1v) is 8.00. The highest BCUT2D eigenvalue weighted by Crippen LogP contribution is 2.35. The molecule has 128 valence electrons. The Balaban J connectivity index is 2.16. The number of carboxylic acid groups (broad SMARTS) is 1. The number of carboxylic acids is 1. The average Bonchev–Trinajstić information content (AvgIpc) is 2.45. The van der Waals surface area contributed by atoms with Crippen molar-refractivity contribution in [3.8, 4) is 5.75 Å². The SMILES string of the molecule is CCNc1cc(F)cc(COc2c(Cl)cc(CC(=O)O)cc2Cl)c1. The van der Waals surface area contributed by atoms with Crippen LogP contribution in [0.15, 0.2) is 30.3 Å². The van der Waals surface area contributed by atoms with Crippen LogP contribution in [0.25, 0.3) is 0 Å². The number of anilines is 1. The number of carbonyl (C=O) groups is 1. The predicted molar refractivity (Wildman–Crippen MR) is 92.7 cm³/mol. The van der Waals surface area contributed by atoms with Gasteiger partial charge in [0.05, 0.1) is 16.5 Å². The van der Waals surface area contributed by atoms with E-state index in [1.54, 1.807) is 6.07 Å². The van der Waals surface area contributed by atoms with Gasteiger partial charge in [-0.25, -0.2) is 4.39 Å². The fraction of sp³-hybridized carbons (Fsp3) is 0.235. The number of aliphatic carboxylic acids is 1. The Morgan fingerprint density at radius 3 is 2.42 bits per heavy atom. The molecule has 0 fully saturated rings. The van der Waals surface area contributed by atoms with Gasteiger partial charge in [-0.1, -0.05) is 23.2 Å². The zero-order valence-corrected chi connectivity index (χ0v) is 14.4. The molecule has 7 heteroatoms. The molecule has 0 saturated heterocycles. The quantitative estimate of drug-likeness (QED) is 0.735. The molecule has 0 aliphatic rings. The van der Waals surface area contributed by atoms with Crippen LogP contribution in [0.3, 0.4) is 0 Å². The van der Waals surface area contributed by atoms with Crippen molar-refractivity contribution in [1.82, 2.24) is 0 Å². The third-order valence-corrected chi connectivity index (χ3v) is 3.70. The van der Waals surface area contributed by atoms with Crippen LogP contribution in [0.2, 0.25) is 10.0 Å². The maximum absolute atomic E-state index is 13.6. The molecule has 24 heavy (non-hydrogen) atoms. The Kier molecular flexibility index (Phi) is 6.29. The van der Waals surface area contributed by atoms with E-state index in [0.29, 0.717) is 23.4 Å². The number of hydrogen-bond acceptors (Lipinski definition) is 3. The number of halogens is 3. The number of rotatable bonds is 7. The molecule has 2 rings (SSSR count). The smallest absolute Gasteiger partial charge is 0.307 e. The Morgan fingerprint density at radius 1 is 1.17 bits per heavy atom. The third-order valence-electron chi connectivity index (χ3n) is 3.14. The minimum atomic E-state index is -0.980. The summed E-state index contributed by atoms with van der Waals surface area (Å²) in [6, 6.07) is 7.52. The number of benzene rings is 2. The summed E-state index contributed by atoms with van der Waals surface area (Å²) in [7, 11) is 0. The lowest BCUT2D eigenvalue weighted by Crippen LogP contribution is -2.03. The molecule has 2 aromatic carbocycles. The fourth-order valence-corrected chi connectivity index (χ4v) is 2.86. The van der Waals surface area contributed by atoms with Gasteiger partial charge in [-0.15, -0.1) is 0 Å². The third kappa shape index (κ3) is 5.01. The van der Waals surface area contributed by atoms with Crippen molar-refractivity contribution in [1.29, 1.82) is 0 Å². The van der Waals surface area contributed by atoms with Crippen molar-refractivity contribution in [2.45, 2.75) is 20.0 Å². The van der Waals surface area contributed by atoms with Crippen LogP contribution in [0.4, 0.5) is 10.1 Å². The molecule has 0 aliphatic heterocycles.